The van der Waals surface area contributed by atoms with Crippen molar-refractivity contribution in [3.63, 3.8) is 0 Å². The minimum Gasteiger partial charge on any atom is -0.462 e. The third-order valence-electron chi connectivity index (χ3n) is 15.3. The fourth-order valence-electron chi connectivity index (χ4n) is 11.5. The van der Waals surface area contributed by atoms with Crippen molar-refractivity contribution >= 4 is 67.6 Å². The van der Waals surface area contributed by atoms with Crippen molar-refractivity contribution in [3.05, 3.63) is 245 Å². The number of esters is 2. The van der Waals surface area contributed by atoms with Crippen LogP contribution in [0.25, 0.3) is 88.0 Å². The van der Waals surface area contributed by atoms with Crippen molar-refractivity contribution in [2.24, 2.45) is 0 Å². The molecule has 0 aliphatic heterocycles. The van der Waals surface area contributed by atoms with Crippen molar-refractivity contribution in [3.8, 4) is 55.6 Å². The van der Waals surface area contributed by atoms with Gasteiger partial charge in [-0.25, -0.2) is 9.59 Å². The molecule has 0 saturated carbocycles. The Morgan fingerprint density at radius 1 is 0.416 bits per heavy atom. The summed E-state index contributed by atoms with van der Waals surface area (Å²) in [5, 5.41) is 6.69. The van der Waals surface area contributed by atoms with Crippen molar-refractivity contribution in [2.75, 3.05) is 18.1 Å². The van der Waals surface area contributed by atoms with Gasteiger partial charge in [-0.1, -0.05) is 151 Å². The van der Waals surface area contributed by atoms with E-state index in [0.717, 1.165) is 108 Å². The molecule has 6 heteroatoms. The zero-order valence-electron chi connectivity index (χ0n) is 43.5. The van der Waals surface area contributed by atoms with Crippen molar-refractivity contribution < 1.29 is 23.9 Å². The van der Waals surface area contributed by atoms with E-state index in [4.69, 9.17) is 9.47 Å². The first-order valence-corrected chi connectivity index (χ1v) is 26.4. The summed E-state index contributed by atoms with van der Waals surface area (Å²) in [5.41, 5.74) is 18.2. The normalized spacial score (nSPS) is 11.8. The van der Waals surface area contributed by atoms with E-state index in [1.807, 2.05) is 42.5 Å². The predicted molar refractivity (Wildman–Crippen MR) is 315 cm³/mol. The summed E-state index contributed by atoms with van der Waals surface area (Å²) in [6.07, 6.45) is 2.97. The number of fused-ring (bicyclic) bond motifs is 9. The van der Waals surface area contributed by atoms with E-state index in [1.165, 1.54) is 27.6 Å². The summed E-state index contributed by atoms with van der Waals surface area (Å²) in [5.74, 6) is -0.977. The van der Waals surface area contributed by atoms with Gasteiger partial charge in [0, 0.05) is 22.6 Å². The highest BCUT2D eigenvalue weighted by molar-refractivity contribution is 6.26. The summed E-state index contributed by atoms with van der Waals surface area (Å²) in [6, 6.07) is 70.9. The van der Waals surface area contributed by atoms with E-state index in [0.29, 0.717) is 27.8 Å². The average Bonchev–Trinajstić information content (AvgIpc) is 3.51. The maximum absolute atomic E-state index is 14.1. The van der Waals surface area contributed by atoms with Gasteiger partial charge in [0.05, 0.1) is 24.3 Å². The van der Waals surface area contributed by atoms with Crippen LogP contribution in [0.2, 0.25) is 0 Å². The lowest BCUT2D eigenvalue weighted by molar-refractivity contribution is 0.0513. The van der Waals surface area contributed by atoms with E-state index in [2.05, 4.69) is 170 Å². The molecule has 0 aromatic heterocycles. The molecule has 11 aromatic carbocycles. The molecule has 0 radical (unpaired) electrons. The van der Waals surface area contributed by atoms with E-state index in [1.54, 1.807) is 26.0 Å². The van der Waals surface area contributed by atoms with E-state index >= 15 is 0 Å². The van der Waals surface area contributed by atoms with Gasteiger partial charge in [0.1, 0.15) is 0 Å². The summed E-state index contributed by atoms with van der Waals surface area (Å²) in [7, 11) is 0. The fourth-order valence-corrected chi connectivity index (χ4v) is 11.5. The molecule has 12 rings (SSSR count). The highest BCUT2D eigenvalue weighted by atomic mass is 16.5. The van der Waals surface area contributed by atoms with E-state index in [9.17, 15) is 14.4 Å². The van der Waals surface area contributed by atoms with Crippen molar-refractivity contribution in [1.82, 2.24) is 0 Å². The Bertz CT molecular complexity index is 4100. The molecule has 0 spiro atoms. The summed E-state index contributed by atoms with van der Waals surface area (Å²) in [4.78, 5) is 43.3. The minimum atomic E-state index is -0.491. The second-order valence-electron chi connectivity index (χ2n) is 19.9. The number of aryl methyl sites for hydroxylation is 4. The van der Waals surface area contributed by atoms with Gasteiger partial charge in [-0.2, -0.15) is 0 Å². The van der Waals surface area contributed by atoms with E-state index < -0.39 is 11.9 Å². The van der Waals surface area contributed by atoms with Crippen LogP contribution in [0.3, 0.4) is 0 Å². The molecule has 0 atom stereocenters. The number of hydrogen-bond donors (Lipinski definition) is 0. The number of nitrogens with zero attached hydrogens (tertiary/aromatic N) is 1. The van der Waals surface area contributed by atoms with Gasteiger partial charge >= 0.3 is 11.9 Å². The monoisotopic (exact) mass is 1000 g/mol. The van der Waals surface area contributed by atoms with Crippen LogP contribution in [-0.4, -0.2) is 31.4 Å². The molecule has 11 aromatic rings. The number of anilines is 3. The number of carbonyl (C=O) groups is 3. The molecular formula is C71H55NO5. The molecule has 374 valence electrons. The van der Waals surface area contributed by atoms with Gasteiger partial charge in [0.15, 0.2) is 6.29 Å². The zero-order chi connectivity index (χ0) is 52.7. The van der Waals surface area contributed by atoms with Crippen LogP contribution in [0.15, 0.2) is 206 Å². The quantitative estimate of drug-likeness (QED) is 0.0690. The van der Waals surface area contributed by atoms with E-state index in [-0.39, 0.29) is 13.2 Å². The van der Waals surface area contributed by atoms with Crippen LogP contribution >= 0.6 is 0 Å². The summed E-state index contributed by atoms with van der Waals surface area (Å²) >= 11 is 0. The van der Waals surface area contributed by atoms with Gasteiger partial charge in [-0.15, -0.1) is 0 Å². The fraction of sp³-hybridized carbons (Fsp3) is 0.113. The van der Waals surface area contributed by atoms with Crippen LogP contribution in [0.5, 0.6) is 0 Å². The van der Waals surface area contributed by atoms with Gasteiger partial charge in [-0.05, 0) is 206 Å². The molecule has 0 bridgehead atoms. The first-order chi connectivity index (χ1) is 37.7. The zero-order valence-corrected chi connectivity index (χ0v) is 43.5. The Labute approximate surface area is 448 Å². The molecule has 0 amide bonds. The van der Waals surface area contributed by atoms with Gasteiger partial charge in [0.2, 0.25) is 0 Å². The topological polar surface area (TPSA) is 72.9 Å². The highest BCUT2D eigenvalue weighted by Crippen LogP contribution is 2.43. The molecule has 0 unspecified atom stereocenters. The molecule has 77 heavy (non-hydrogen) atoms. The maximum atomic E-state index is 14.1. The molecule has 0 saturated heterocycles. The number of hydrogen-bond acceptors (Lipinski definition) is 6. The van der Waals surface area contributed by atoms with Gasteiger partial charge < -0.3 is 14.4 Å². The lowest BCUT2D eigenvalue weighted by Gasteiger charge is -2.26. The molecule has 6 nitrogen and oxygen atoms in total. The Kier molecular flexibility index (Phi) is 12.8. The smallest absolute Gasteiger partial charge is 0.338 e. The van der Waals surface area contributed by atoms with Crippen molar-refractivity contribution in [2.45, 2.75) is 40.5 Å². The summed E-state index contributed by atoms with van der Waals surface area (Å²) in [6.45, 7) is 8.14. The molecule has 1 aliphatic carbocycles. The van der Waals surface area contributed by atoms with Crippen LogP contribution in [0, 0.1) is 13.8 Å². The largest absolute Gasteiger partial charge is 0.462 e. The third kappa shape index (κ3) is 8.91. The second-order valence-corrected chi connectivity index (χ2v) is 19.9. The van der Waals surface area contributed by atoms with Crippen LogP contribution in [0.1, 0.15) is 67.2 Å². The number of benzene rings is 11. The number of ether oxygens (including phenoxy) is 2. The van der Waals surface area contributed by atoms with Crippen LogP contribution < -0.4 is 4.90 Å². The standard InChI is InChI=1S/C71H55NO5/c1-5-76-70(74)68-42-66(51-28-36-62-60-17-10-9-15-58(60)59-16-11-12-18-61(59)67(62)39-51)69(71(75)77-6-2)41-65(68)48-25-33-55(34-26-48)72(53-29-19-44(3)20-30-53)54-31-23-47(24-32-54)64-37-45(4)63(40-52(64)43-73)50-27-35-57-49(38-50)22-21-46-13-7-8-14-56(46)57/h7-20,23-43H,5-6,21-22H2,1-4H3. The highest BCUT2D eigenvalue weighted by Gasteiger charge is 2.25. The number of carbonyl (C=O) groups excluding carboxylic acids is 3. The Balaban J connectivity index is 0.909. The van der Waals surface area contributed by atoms with Gasteiger partial charge in [-0.3, -0.25) is 4.79 Å². The molecule has 0 heterocycles. The molecule has 1 aliphatic rings. The summed E-state index contributed by atoms with van der Waals surface area (Å²) < 4.78 is 11.5. The Morgan fingerprint density at radius 2 is 0.870 bits per heavy atom. The van der Waals surface area contributed by atoms with Gasteiger partial charge in [0.25, 0.3) is 0 Å². The Morgan fingerprint density at radius 3 is 1.45 bits per heavy atom. The second kappa shape index (κ2) is 20.4. The number of rotatable bonds is 12. The number of aldehydes is 1. The SMILES string of the molecule is CCOC(=O)c1cc(-c2ccc3c4ccccc4c4ccccc4c3c2)c(C(=O)OCC)cc1-c1ccc(N(c2ccc(C)cc2)c2ccc(-c3cc(C)c(-c4ccc5c(c4)CCc4ccccc4-5)cc3C=O)cc2)cc1. The van der Waals surface area contributed by atoms with Crippen LogP contribution in [0.4, 0.5) is 17.1 Å². The molecule has 0 fully saturated rings. The molecule has 0 N–H and O–H groups in total. The Hall–Kier alpha value is -9.39. The molecular weight excluding hydrogens is 947 g/mol. The third-order valence-corrected chi connectivity index (χ3v) is 15.3. The maximum Gasteiger partial charge on any atom is 0.338 e. The van der Waals surface area contributed by atoms with Crippen molar-refractivity contribution in [1.29, 1.82) is 0 Å². The lowest BCUT2D eigenvalue weighted by Crippen LogP contribution is -2.12. The first kappa shape index (κ1) is 48.5. The first-order valence-electron chi connectivity index (χ1n) is 26.4. The lowest BCUT2D eigenvalue weighted by atomic mass is 9.83. The average molecular weight is 1000 g/mol. The van der Waals surface area contributed by atoms with Crippen LogP contribution in [-0.2, 0) is 22.3 Å². The minimum absolute atomic E-state index is 0.179. The predicted octanol–water partition coefficient (Wildman–Crippen LogP) is 17.8.